The maximum absolute atomic E-state index is 13.0. The molecule has 4 rings (SSSR count). The van der Waals surface area contributed by atoms with Crippen LogP contribution in [0.1, 0.15) is 31.2 Å². The van der Waals surface area contributed by atoms with Gasteiger partial charge in [0.25, 0.3) is 0 Å². The lowest BCUT2D eigenvalue weighted by Crippen LogP contribution is -2.55. The number of hydrogen-bond acceptors (Lipinski definition) is 2. The van der Waals surface area contributed by atoms with Gasteiger partial charge in [-0.05, 0) is 49.2 Å². The summed E-state index contributed by atoms with van der Waals surface area (Å²) in [4.78, 5) is 14.6. The third kappa shape index (κ3) is 6.93. The number of amides is 1. The van der Waals surface area contributed by atoms with Gasteiger partial charge in [-0.3, -0.25) is 4.79 Å². The Morgan fingerprint density at radius 3 is 1.97 bits per heavy atom. The van der Waals surface area contributed by atoms with E-state index in [2.05, 4.69) is 83.4 Å². The molecule has 0 bridgehead atoms. The predicted octanol–water partition coefficient (Wildman–Crippen LogP) is 4.59. The molecule has 4 nitrogen and oxygen atoms in total. The molecule has 1 saturated carbocycles. The van der Waals surface area contributed by atoms with Gasteiger partial charge in [-0.15, -0.1) is 0 Å². The standard InChI is InChI=1S/C30H36N3OPS/c1-33(2)29(34)27(22-23-14-6-3-7-15-23)32-30(36)31-26-20-12-13-21-28(26)35(24-16-8-4-9-17-24)25-18-10-5-11-19-25/h3-11,14-19,26-28H,12-13,20-22H2,1-2H3,(H2,31,32,36)/t26-,27+,28-/m1/s1. The van der Waals surface area contributed by atoms with Crippen molar-refractivity contribution in [2.75, 3.05) is 14.1 Å². The second-order valence-electron chi connectivity index (χ2n) is 9.59. The van der Waals surface area contributed by atoms with Crippen LogP contribution in [0.25, 0.3) is 0 Å². The first-order valence-electron chi connectivity index (χ1n) is 12.7. The zero-order chi connectivity index (χ0) is 25.3. The smallest absolute Gasteiger partial charge is 0.244 e. The minimum absolute atomic E-state index is 0.0269. The fourth-order valence-corrected chi connectivity index (χ4v) is 8.40. The van der Waals surface area contributed by atoms with Crippen molar-refractivity contribution in [3.8, 4) is 0 Å². The Kier molecular flexibility index (Phi) is 9.49. The molecule has 1 fully saturated rings. The van der Waals surface area contributed by atoms with Crippen molar-refractivity contribution >= 4 is 41.8 Å². The van der Waals surface area contributed by atoms with Gasteiger partial charge in [-0.25, -0.2) is 0 Å². The Morgan fingerprint density at radius 1 is 0.889 bits per heavy atom. The molecule has 36 heavy (non-hydrogen) atoms. The summed E-state index contributed by atoms with van der Waals surface area (Å²) in [6, 6.07) is 31.8. The van der Waals surface area contributed by atoms with Gasteiger partial charge in [0.05, 0.1) is 0 Å². The van der Waals surface area contributed by atoms with E-state index in [-0.39, 0.29) is 11.9 Å². The molecule has 3 atom stereocenters. The molecule has 0 radical (unpaired) electrons. The van der Waals surface area contributed by atoms with Gasteiger partial charge in [-0.1, -0.05) is 104 Å². The molecule has 0 saturated heterocycles. The number of carbonyl (C=O) groups excluding carboxylic acids is 1. The van der Waals surface area contributed by atoms with Crippen molar-refractivity contribution in [1.82, 2.24) is 15.5 Å². The Morgan fingerprint density at radius 2 is 1.42 bits per heavy atom. The van der Waals surface area contributed by atoms with Crippen molar-refractivity contribution in [2.45, 2.75) is 49.8 Å². The van der Waals surface area contributed by atoms with Gasteiger partial charge in [0, 0.05) is 32.2 Å². The number of thiocarbonyl (C=S) groups is 1. The fourth-order valence-electron chi connectivity index (χ4n) is 5.03. The summed E-state index contributed by atoms with van der Waals surface area (Å²) >= 11 is 5.82. The molecule has 3 aromatic rings. The quantitative estimate of drug-likeness (QED) is 0.339. The molecule has 0 unspecified atom stereocenters. The third-order valence-electron chi connectivity index (χ3n) is 6.77. The lowest BCUT2D eigenvalue weighted by Gasteiger charge is -2.39. The van der Waals surface area contributed by atoms with Crippen molar-refractivity contribution in [3.63, 3.8) is 0 Å². The molecule has 2 N–H and O–H groups in total. The first kappa shape index (κ1) is 26.3. The van der Waals surface area contributed by atoms with Gasteiger partial charge in [0.15, 0.2) is 5.11 Å². The van der Waals surface area contributed by atoms with Gasteiger partial charge >= 0.3 is 0 Å². The van der Waals surface area contributed by atoms with E-state index in [4.69, 9.17) is 12.2 Å². The van der Waals surface area contributed by atoms with E-state index in [9.17, 15) is 4.79 Å². The predicted molar refractivity (Wildman–Crippen MR) is 157 cm³/mol. The van der Waals surface area contributed by atoms with Crippen molar-refractivity contribution in [2.24, 2.45) is 0 Å². The Bertz CT molecular complexity index is 1070. The van der Waals surface area contributed by atoms with E-state index < -0.39 is 14.0 Å². The largest absolute Gasteiger partial charge is 0.359 e. The Labute approximate surface area is 222 Å². The first-order chi connectivity index (χ1) is 17.5. The SMILES string of the molecule is CN(C)C(=O)[C@H](Cc1ccccc1)NC(=S)N[C@@H]1CCCC[C@H]1P(c1ccccc1)c1ccccc1. The number of likely N-dealkylation sites (N-methyl/N-ethyl adjacent to an activating group) is 1. The van der Waals surface area contributed by atoms with E-state index in [1.165, 1.54) is 29.9 Å². The minimum atomic E-state index is -0.547. The Hall–Kier alpha value is -2.75. The zero-order valence-electron chi connectivity index (χ0n) is 21.1. The summed E-state index contributed by atoms with van der Waals surface area (Å²) in [5.41, 5.74) is 1.58. The number of rotatable bonds is 8. The summed E-state index contributed by atoms with van der Waals surface area (Å²) in [5.74, 6) is 0.0269. The van der Waals surface area contributed by atoms with Crippen LogP contribution in [0.4, 0.5) is 0 Å². The summed E-state index contributed by atoms with van der Waals surface area (Å²) in [6.07, 6.45) is 5.26. The average Bonchev–Trinajstić information content (AvgIpc) is 2.91. The molecule has 188 valence electrons. The van der Waals surface area contributed by atoms with E-state index in [1.807, 2.05) is 18.2 Å². The normalized spacial score (nSPS) is 18.3. The molecule has 3 aromatic carbocycles. The van der Waals surface area contributed by atoms with Gasteiger partial charge in [0.2, 0.25) is 5.91 Å². The number of nitrogens with one attached hydrogen (secondary N) is 2. The van der Waals surface area contributed by atoms with Gasteiger partial charge < -0.3 is 15.5 Å². The number of nitrogens with zero attached hydrogens (tertiary/aromatic N) is 1. The van der Waals surface area contributed by atoms with Crippen molar-refractivity contribution < 1.29 is 4.79 Å². The highest BCUT2D eigenvalue weighted by atomic mass is 32.1. The van der Waals surface area contributed by atoms with Crippen LogP contribution in [0, 0.1) is 0 Å². The van der Waals surface area contributed by atoms with Crippen LogP contribution in [0.2, 0.25) is 0 Å². The fraction of sp³-hybridized carbons (Fsp3) is 0.333. The molecule has 1 aliphatic carbocycles. The van der Waals surface area contributed by atoms with E-state index in [0.717, 1.165) is 12.0 Å². The van der Waals surface area contributed by atoms with E-state index in [0.29, 0.717) is 17.2 Å². The number of hydrogen-bond donors (Lipinski definition) is 2. The van der Waals surface area contributed by atoms with E-state index >= 15 is 0 Å². The highest BCUT2D eigenvalue weighted by Gasteiger charge is 2.34. The lowest BCUT2D eigenvalue weighted by atomic mass is 9.95. The van der Waals surface area contributed by atoms with Crippen LogP contribution >= 0.6 is 20.1 Å². The molecule has 6 heteroatoms. The third-order valence-corrected chi connectivity index (χ3v) is 10.00. The maximum Gasteiger partial charge on any atom is 0.244 e. The minimum Gasteiger partial charge on any atom is -0.359 e. The maximum atomic E-state index is 13.0. The summed E-state index contributed by atoms with van der Waals surface area (Å²) in [7, 11) is 3.04. The van der Waals surface area contributed by atoms with Crippen LogP contribution in [0.3, 0.4) is 0 Å². The van der Waals surface area contributed by atoms with Crippen molar-refractivity contribution in [1.29, 1.82) is 0 Å². The molecule has 1 amide bonds. The number of benzene rings is 3. The topological polar surface area (TPSA) is 44.4 Å². The van der Waals surface area contributed by atoms with Crippen LogP contribution < -0.4 is 21.2 Å². The van der Waals surface area contributed by atoms with Gasteiger partial charge in [-0.2, -0.15) is 0 Å². The monoisotopic (exact) mass is 517 g/mol. The molecule has 0 aliphatic heterocycles. The molecular formula is C30H36N3OPS. The summed E-state index contributed by atoms with van der Waals surface area (Å²) in [5, 5.41) is 10.4. The second-order valence-corrected chi connectivity index (χ2v) is 12.4. The summed E-state index contributed by atoms with van der Waals surface area (Å²) in [6.45, 7) is 0. The van der Waals surface area contributed by atoms with Crippen LogP contribution in [-0.2, 0) is 11.2 Å². The summed E-state index contributed by atoms with van der Waals surface area (Å²) < 4.78 is 0. The molecule has 0 heterocycles. The highest BCUT2D eigenvalue weighted by Crippen LogP contribution is 2.46. The molecule has 1 aliphatic rings. The number of carbonyl (C=O) groups is 1. The highest BCUT2D eigenvalue weighted by molar-refractivity contribution is 7.80. The average molecular weight is 518 g/mol. The molecule has 0 aromatic heterocycles. The zero-order valence-corrected chi connectivity index (χ0v) is 22.8. The molecular weight excluding hydrogens is 481 g/mol. The van der Waals surface area contributed by atoms with Crippen LogP contribution in [-0.4, -0.2) is 47.8 Å². The van der Waals surface area contributed by atoms with Crippen molar-refractivity contribution in [3.05, 3.63) is 96.6 Å². The second kappa shape index (κ2) is 13.0. The van der Waals surface area contributed by atoms with E-state index in [1.54, 1.807) is 19.0 Å². The van der Waals surface area contributed by atoms with Crippen LogP contribution in [0.15, 0.2) is 91.0 Å². The Balaban J connectivity index is 1.53. The van der Waals surface area contributed by atoms with Crippen LogP contribution in [0.5, 0.6) is 0 Å². The lowest BCUT2D eigenvalue weighted by molar-refractivity contribution is -0.130. The molecule has 0 spiro atoms. The van der Waals surface area contributed by atoms with Gasteiger partial charge in [0.1, 0.15) is 6.04 Å². The first-order valence-corrected chi connectivity index (χ1v) is 14.6.